The summed E-state index contributed by atoms with van der Waals surface area (Å²) in [6.07, 6.45) is 7.63. The fourth-order valence-electron chi connectivity index (χ4n) is 5.98. The maximum Gasteiger partial charge on any atom is 0.210 e. The highest BCUT2D eigenvalue weighted by Crippen LogP contribution is 2.44. The van der Waals surface area contributed by atoms with Crippen LogP contribution in [-0.4, -0.2) is 15.9 Å². The first-order valence-corrected chi connectivity index (χ1v) is 13.8. The molecule has 0 spiro atoms. The van der Waals surface area contributed by atoms with E-state index in [0.717, 1.165) is 56.9 Å². The van der Waals surface area contributed by atoms with Gasteiger partial charge in [-0.15, -0.1) is 0 Å². The summed E-state index contributed by atoms with van der Waals surface area (Å²) in [5.41, 5.74) is -1.08. The van der Waals surface area contributed by atoms with Gasteiger partial charge in [-0.1, -0.05) is 37.1 Å². The van der Waals surface area contributed by atoms with E-state index in [0.29, 0.717) is 35.0 Å². The Kier molecular flexibility index (Phi) is 8.84. The van der Waals surface area contributed by atoms with Gasteiger partial charge in [0, 0.05) is 4.90 Å². The number of alkyl halides is 2. The number of rotatable bonds is 8. The van der Waals surface area contributed by atoms with Crippen LogP contribution >= 0.6 is 0 Å². The molecule has 0 radical (unpaired) electrons. The van der Waals surface area contributed by atoms with Gasteiger partial charge in [-0.3, -0.25) is 4.21 Å². The third-order valence-corrected chi connectivity index (χ3v) is 9.50. The molecule has 0 heterocycles. The molecule has 2 fully saturated rings. The summed E-state index contributed by atoms with van der Waals surface area (Å²) < 4.78 is 67.9. The van der Waals surface area contributed by atoms with E-state index in [2.05, 4.69) is 0 Å². The second-order valence-corrected chi connectivity index (χ2v) is 11.6. The van der Waals surface area contributed by atoms with Crippen LogP contribution in [0.5, 0.6) is 0 Å². The number of hydrogen-bond donors (Lipinski definition) is 0. The van der Waals surface area contributed by atoms with Crippen molar-refractivity contribution < 1.29 is 21.8 Å². The summed E-state index contributed by atoms with van der Waals surface area (Å²) in [4.78, 5) is 0.331. The zero-order chi connectivity index (χ0) is 24.1. The van der Waals surface area contributed by atoms with Gasteiger partial charge in [-0.05, 0) is 105 Å². The van der Waals surface area contributed by atoms with Crippen molar-refractivity contribution in [3.63, 3.8) is 0 Å². The lowest BCUT2D eigenvalue weighted by Gasteiger charge is -2.38. The van der Waals surface area contributed by atoms with Crippen molar-refractivity contribution in [3.8, 4) is 0 Å². The molecule has 6 heteroatoms. The maximum atomic E-state index is 14.5. The zero-order valence-corrected chi connectivity index (χ0v) is 20.3. The summed E-state index contributed by atoms with van der Waals surface area (Å²) >= 11 is 0. The van der Waals surface area contributed by atoms with Gasteiger partial charge >= 0.3 is 0 Å². The van der Waals surface area contributed by atoms with Crippen LogP contribution in [0, 0.1) is 29.4 Å². The smallest absolute Gasteiger partial charge is 0.210 e. The zero-order valence-electron chi connectivity index (χ0n) is 19.5. The molecule has 1 nitrogen and oxygen atoms in total. The Bertz CT molecular complexity index is 937. The molecule has 34 heavy (non-hydrogen) atoms. The quantitative estimate of drug-likeness (QED) is 0.338. The molecule has 2 aliphatic carbocycles. The lowest BCUT2D eigenvalue weighted by molar-refractivity contribution is 0.145. The van der Waals surface area contributed by atoms with E-state index in [-0.39, 0.29) is 6.42 Å². The highest BCUT2D eigenvalue weighted by molar-refractivity contribution is 7.85. The van der Waals surface area contributed by atoms with Gasteiger partial charge in [0.25, 0.3) is 0 Å². The minimum Gasteiger partial charge on any atom is -0.251 e. The Hall–Kier alpha value is -1.69. The summed E-state index contributed by atoms with van der Waals surface area (Å²) in [7, 11) is -1.97. The molecule has 186 valence electrons. The molecule has 2 aromatic carbocycles. The van der Waals surface area contributed by atoms with Crippen molar-refractivity contribution in [2.45, 2.75) is 86.7 Å². The molecule has 0 aromatic heterocycles. The normalized spacial score (nSPS) is 28.2. The molecular weight excluding hydrogens is 460 g/mol. The van der Waals surface area contributed by atoms with Crippen molar-refractivity contribution in [1.29, 1.82) is 0 Å². The van der Waals surface area contributed by atoms with Gasteiger partial charge in [0.15, 0.2) is 11.6 Å². The van der Waals surface area contributed by atoms with E-state index < -0.39 is 34.1 Å². The van der Waals surface area contributed by atoms with Crippen LogP contribution < -0.4 is 0 Å². The molecule has 1 unspecified atom stereocenters. The van der Waals surface area contributed by atoms with Gasteiger partial charge in [-0.25, -0.2) is 17.6 Å². The lowest BCUT2D eigenvalue weighted by Crippen LogP contribution is -2.27. The van der Waals surface area contributed by atoms with Crippen LogP contribution in [0.4, 0.5) is 17.6 Å². The average Bonchev–Trinajstić information content (AvgIpc) is 2.89. The molecular formula is C28H34F4OS. The summed E-state index contributed by atoms with van der Waals surface area (Å²) in [6.45, 7) is 0. The van der Waals surface area contributed by atoms with Gasteiger partial charge in [0.1, 0.15) is 6.17 Å². The minimum absolute atomic E-state index is 0.119. The molecule has 0 aliphatic heterocycles. The Labute approximate surface area is 202 Å². The first kappa shape index (κ1) is 25.4. The summed E-state index contributed by atoms with van der Waals surface area (Å²) in [6, 6.07) is 12.6. The third-order valence-electron chi connectivity index (χ3n) is 8.06. The Morgan fingerprint density at radius 2 is 1.41 bits per heavy atom. The van der Waals surface area contributed by atoms with E-state index in [1.807, 2.05) is 0 Å². The van der Waals surface area contributed by atoms with Crippen molar-refractivity contribution in [2.24, 2.45) is 17.8 Å². The Balaban J connectivity index is 1.17. The van der Waals surface area contributed by atoms with E-state index in [1.165, 1.54) is 12.1 Å². The van der Waals surface area contributed by atoms with Gasteiger partial charge in [-0.2, -0.15) is 0 Å². The second kappa shape index (κ2) is 11.8. The fraction of sp³-hybridized carbons (Fsp3) is 0.571. The van der Waals surface area contributed by atoms with Crippen molar-refractivity contribution in [2.75, 3.05) is 0 Å². The summed E-state index contributed by atoms with van der Waals surface area (Å²) in [5, 5.41) is 0. The van der Waals surface area contributed by atoms with Crippen LogP contribution in [0.15, 0.2) is 53.4 Å². The van der Waals surface area contributed by atoms with Crippen LogP contribution in [0.3, 0.4) is 0 Å². The molecule has 3 atom stereocenters. The van der Waals surface area contributed by atoms with Gasteiger partial charge in [0.05, 0.1) is 10.8 Å². The molecule has 2 aliphatic rings. The maximum absolute atomic E-state index is 14.5. The van der Waals surface area contributed by atoms with Crippen LogP contribution in [0.1, 0.15) is 75.7 Å². The van der Waals surface area contributed by atoms with Crippen molar-refractivity contribution in [3.05, 3.63) is 65.7 Å². The monoisotopic (exact) mass is 494 g/mol. The van der Waals surface area contributed by atoms with Gasteiger partial charge in [0.2, 0.25) is 5.50 Å². The molecule has 2 aromatic rings. The highest BCUT2D eigenvalue weighted by Gasteiger charge is 2.33. The Morgan fingerprint density at radius 1 is 0.794 bits per heavy atom. The van der Waals surface area contributed by atoms with E-state index in [4.69, 9.17) is 0 Å². The summed E-state index contributed by atoms with van der Waals surface area (Å²) in [5.74, 6) is 0.492. The van der Waals surface area contributed by atoms with Crippen molar-refractivity contribution >= 4 is 10.8 Å². The number of halogens is 4. The first-order valence-electron chi connectivity index (χ1n) is 12.6. The first-order chi connectivity index (χ1) is 16.4. The third kappa shape index (κ3) is 6.30. The molecule has 0 N–H and O–H groups in total. The van der Waals surface area contributed by atoms with E-state index in [9.17, 15) is 21.8 Å². The largest absolute Gasteiger partial charge is 0.251 e. The average molecular weight is 495 g/mol. The van der Waals surface area contributed by atoms with Crippen LogP contribution in [0.2, 0.25) is 0 Å². The SMILES string of the molecule is O=S(c1ccccc1)[C@H](F)[C@H](F)CCC1CCC(C2CCC(c3ccc(F)c(F)c3)CC2)CC1. The van der Waals surface area contributed by atoms with Crippen LogP contribution in [-0.2, 0) is 10.8 Å². The standard InChI is InChI=1S/C28H34F4OS/c29-25-17-15-23(18-27(25)31)22-13-11-21(12-14-22)20-9-6-19(7-10-20)8-16-26(30)28(32)34(33)24-4-2-1-3-5-24/h1-5,15,17-22,26,28H,6-14,16H2/t19?,20?,21?,22?,26-,28+,34?/m1/s1. The topological polar surface area (TPSA) is 17.1 Å². The molecule has 2 saturated carbocycles. The molecule has 4 rings (SSSR count). The van der Waals surface area contributed by atoms with Crippen LogP contribution in [0.25, 0.3) is 0 Å². The fourth-order valence-corrected chi connectivity index (χ4v) is 7.07. The Morgan fingerprint density at radius 3 is 2.03 bits per heavy atom. The van der Waals surface area contributed by atoms with E-state index in [1.54, 1.807) is 36.4 Å². The second-order valence-electron chi connectivity index (χ2n) is 10.1. The lowest BCUT2D eigenvalue weighted by atomic mass is 9.68. The molecule has 0 bridgehead atoms. The predicted molar refractivity (Wildman–Crippen MR) is 128 cm³/mol. The van der Waals surface area contributed by atoms with E-state index >= 15 is 0 Å². The minimum atomic E-state index is -1.98. The highest BCUT2D eigenvalue weighted by atomic mass is 32.2. The van der Waals surface area contributed by atoms with Crippen molar-refractivity contribution in [1.82, 2.24) is 0 Å². The van der Waals surface area contributed by atoms with Gasteiger partial charge < -0.3 is 0 Å². The number of benzene rings is 2. The number of hydrogen-bond acceptors (Lipinski definition) is 1. The molecule has 0 saturated heterocycles. The molecule has 0 amide bonds. The predicted octanol–water partition coefficient (Wildman–Crippen LogP) is 8.27.